The Labute approximate surface area is 102 Å². The number of aromatic nitrogens is 1. The van der Waals surface area contributed by atoms with Gasteiger partial charge < -0.3 is 10.2 Å². The Balaban J connectivity index is 2.15. The second-order valence-corrected chi connectivity index (χ2v) is 4.46. The summed E-state index contributed by atoms with van der Waals surface area (Å²) in [5.74, 6) is 0.651. The number of anilines is 1. The standard InChI is InChI=1S/C13H20FN3/c1-3-17(4-2)13-10(7-11(14)9-16-13)8-15-12-5-6-12/h7,9,12,15H,3-6,8H2,1-2H3. The second kappa shape index (κ2) is 5.45. The maximum Gasteiger partial charge on any atom is 0.141 e. The fraction of sp³-hybridized carbons (Fsp3) is 0.615. The van der Waals surface area contributed by atoms with Crippen molar-refractivity contribution in [3.8, 4) is 0 Å². The molecule has 0 bridgehead atoms. The lowest BCUT2D eigenvalue weighted by molar-refractivity contribution is 0.610. The van der Waals surface area contributed by atoms with Crippen molar-refractivity contribution >= 4 is 5.82 Å². The van der Waals surface area contributed by atoms with Crippen LogP contribution in [0.1, 0.15) is 32.3 Å². The topological polar surface area (TPSA) is 28.2 Å². The van der Waals surface area contributed by atoms with Gasteiger partial charge in [-0.1, -0.05) is 0 Å². The molecule has 1 fully saturated rings. The van der Waals surface area contributed by atoms with E-state index in [0.29, 0.717) is 12.6 Å². The number of pyridine rings is 1. The number of nitrogens with one attached hydrogen (secondary N) is 1. The van der Waals surface area contributed by atoms with Crippen LogP contribution in [0.4, 0.5) is 10.2 Å². The van der Waals surface area contributed by atoms with Gasteiger partial charge in [0.15, 0.2) is 0 Å². The van der Waals surface area contributed by atoms with E-state index < -0.39 is 0 Å². The van der Waals surface area contributed by atoms with Crippen molar-refractivity contribution in [3.05, 3.63) is 23.6 Å². The quantitative estimate of drug-likeness (QED) is 0.823. The molecule has 0 aliphatic heterocycles. The van der Waals surface area contributed by atoms with Gasteiger partial charge in [-0.15, -0.1) is 0 Å². The predicted octanol–water partition coefficient (Wildman–Crippen LogP) is 2.32. The van der Waals surface area contributed by atoms with E-state index in [4.69, 9.17) is 0 Å². The minimum atomic E-state index is -0.256. The van der Waals surface area contributed by atoms with Gasteiger partial charge in [-0.05, 0) is 32.8 Å². The van der Waals surface area contributed by atoms with Crippen LogP contribution in [0.2, 0.25) is 0 Å². The van der Waals surface area contributed by atoms with Crippen LogP contribution < -0.4 is 10.2 Å². The van der Waals surface area contributed by atoms with E-state index in [9.17, 15) is 4.39 Å². The van der Waals surface area contributed by atoms with Gasteiger partial charge in [-0.2, -0.15) is 0 Å². The lowest BCUT2D eigenvalue weighted by Gasteiger charge is -2.22. The zero-order chi connectivity index (χ0) is 12.3. The van der Waals surface area contributed by atoms with E-state index in [2.05, 4.69) is 29.0 Å². The van der Waals surface area contributed by atoms with Gasteiger partial charge in [0.25, 0.3) is 0 Å². The third kappa shape index (κ3) is 3.16. The molecule has 0 saturated heterocycles. The van der Waals surface area contributed by atoms with Crippen molar-refractivity contribution in [2.45, 2.75) is 39.3 Å². The van der Waals surface area contributed by atoms with Gasteiger partial charge in [0.1, 0.15) is 11.6 Å². The first-order valence-corrected chi connectivity index (χ1v) is 6.37. The van der Waals surface area contributed by atoms with Crippen molar-refractivity contribution in [2.24, 2.45) is 0 Å². The molecule has 1 aliphatic carbocycles. The highest BCUT2D eigenvalue weighted by Gasteiger charge is 2.21. The Hall–Kier alpha value is -1.16. The van der Waals surface area contributed by atoms with Gasteiger partial charge >= 0.3 is 0 Å². The number of nitrogens with zero attached hydrogens (tertiary/aromatic N) is 2. The molecule has 0 unspecified atom stereocenters. The molecule has 1 aromatic rings. The number of rotatable bonds is 6. The summed E-state index contributed by atoms with van der Waals surface area (Å²) in [6.45, 7) is 6.68. The lowest BCUT2D eigenvalue weighted by Crippen LogP contribution is -2.26. The highest BCUT2D eigenvalue weighted by atomic mass is 19.1. The van der Waals surface area contributed by atoms with Crippen molar-refractivity contribution < 1.29 is 4.39 Å². The van der Waals surface area contributed by atoms with E-state index in [-0.39, 0.29) is 5.82 Å². The molecule has 0 amide bonds. The Morgan fingerprint density at radius 1 is 1.41 bits per heavy atom. The monoisotopic (exact) mass is 237 g/mol. The molecule has 3 nitrogen and oxygen atoms in total. The summed E-state index contributed by atoms with van der Waals surface area (Å²) in [6.07, 6.45) is 3.78. The normalized spacial score (nSPS) is 15.0. The average Bonchev–Trinajstić information content (AvgIpc) is 3.14. The smallest absolute Gasteiger partial charge is 0.141 e. The number of halogens is 1. The molecule has 2 rings (SSSR count). The molecule has 4 heteroatoms. The molecule has 0 radical (unpaired) electrons. The summed E-state index contributed by atoms with van der Waals surface area (Å²) < 4.78 is 13.2. The van der Waals surface area contributed by atoms with Crippen LogP contribution >= 0.6 is 0 Å². The Morgan fingerprint density at radius 3 is 2.71 bits per heavy atom. The Morgan fingerprint density at radius 2 is 2.12 bits per heavy atom. The SMILES string of the molecule is CCN(CC)c1ncc(F)cc1CNC1CC1. The van der Waals surface area contributed by atoms with Crippen molar-refractivity contribution in [1.29, 1.82) is 0 Å². The van der Waals surface area contributed by atoms with E-state index in [1.165, 1.54) is 19.0 Å². The summed E-state index contributed by atoms with van der Waals surface area (Å²) in [5.41, 5.74) is 0.959. The first-order valence-electron chi connectivity index (χ1n) is 6.37. The maximum atomic E-state index is 13.2. The van der Waals surface area contributed by atoms with Crippen LogP contribution in [0.15, 0.2) is 12.3 Å². The van der Waals surface area contributed by atoms with Crippen LogP contribution in [0.5, 0.6) is 0 Å². The number of hydrogen-bond donors (Lipinski definition) is 1. The zero-order valence-electron chi connectivity index (χ0n) is 10.5. The van der Waals surface area contributed by atoms with Crippen LogP contribution in [-0.2, 0) is 6.54 Å². The molecule has 1 saturated carbocycles. The molecule has 1 aromatic heterocycles. The molecule has 1 aliphatic rings. The van der Waals surface area contributed by atoms with Gasteiger partial charge in [0, 0.05) is 31.2 Å². The minimum absolute atomic E-state index is 0.256. The maximum absolute atomic E-state index is 13.2. The van der Waals surface area contributed by atoms with Gasteiger partial charge in [-0.3, -0.25) is 0 Å². The highest BCUT2D eigenvalue weighted by Crippen LogP contribution is 2.22. The average molecular weight is 237 g/mol. The molecular formula is C13H20FN3. The summed E-state index contributed by atoms with van der Waals surface area (Å²) in [5, 5.41) is 3.41. The fourth-order valence-electron chi connectivity index (χ4n) is 1.95. The van der Waals surface area contributed by atoms with Crippen LogP contribution in [-0.4, -0.2) is 24.1 Å². The van der Waals surface area contributed by atoms with Crippen LogP contribution in [0.25, 0.3) is 0 Å². The lowest BCUT2D eigenvalue weighted by atomic mass is 10.2. The third-order valence-electron chi connectivity index (χ3n) is 3.13. The Kier molecular flexibility index (Phi) is 3.94. The van der Waals surface area contributed by atoms with E-state index in [0.717, 1.165) is 24.5 Å². The largest absolute Gasteiger partial charge is 0.357 e. The fourth-order valence-corrected chi connectivity index (χ4v) is 1.95. The third-order valence-corrected chi connectivity index (χ3v) is 3.13. The van der Waals surface area contributed by atoms with E-state index in [1.807, 2.05) is 0 Å². The number of hydrogen-bond acceptors (Lipinski definition) is 3. The molecule has 17 heavy (non-hydrogen) atoms. The van der Waals surface area contributed by atoms with Gasteiger partial charge in [-0.25, -0.2) is 9.37 Å². The molecule has 0 aromatic carbocycles. The van der Waals surface area contributed by atoms with Crippen molar-refractivity contribution in [2.75, 3.05) is 18.0 Å². The molecule has 0 spiro atoms. The Bertz CT molecular complexity index is 373. The van der Waals surface area contributed by atoms with Crippen molar-refractivity contribution in [3.63, 3.8) is 0 Å². The first kappa shape index (κ1) is 12.3. The predicted molar refractivity (Wildman–Crippen MR) is 67.6 cm³/mol. The molecular weight excluding hydrogens is 217 g/mol. The zero-order valence-corrected chi connectivity index (χ0v) is 10.5. The van der Waals surface area contributed by atoms with Crippen molar-refractivity contribution in [1.82, 2.24) is 10.3 Å². The summed E-state index contributed by atoms with van der Waals surface area (Å²) in [6, 6.07) is 2.22. The van der Waals surface area contributed by atoms with E-state index in [1.54, 1.807) is 6.07 Å². The van der Waals surface area contributed by atoms with E-state index >= 15 is 0 Å². The molecule has 0 atom stereocenters. The van der Waals surface area contributed by atoms with Gasteiger partial charge in [0.05, 0.1) is 6.20 Å². The summed E-state index contributed by atoms with van der Waals surface area (Å²) in [4.78, 5) is 6.39. The molecule has 94 valence electrons. The van der Waals surface area contributed by atoms with Crippen LogP contribution in [0.3, 0.4) is 0 Å². The minimum Gasteiger partial charge on any atom is -0.357 e. The summed E-state index contributed by atoms with van der Waals surface area (Å²) >= 11 is 0. The highest BCUT2D eigenvalue weighted by molar-refractivity contribution is 5.46. The second-order valence-electron chi connectivity index (χ2n) is 4.46. The molecule has 1 heterocycles. The first-order chi connectivity index (χ1) is 8.24. The molecule has 1 N–H and O–H groups in total. The summed E-state index contributed by atoms with van der Waals surface area (Å²) in [7, 11) is 0. The van der Waals surface area contributed by atoms with Crippen LogP contribution in [0, 0.1) is 5.82 Å². The van der Waals surface area contributed by atoms with Gasteiger partial charge in [0.2, 0.25) is 0 Å².